The monoisotopic (exact) mass is 473 g/mol. The minimum absolute atomic E-state index is 0.0176. The number of hydrogen-bond acceptors (Lipinski definition) is 8. The number of nitro groups is 1. The third-order valence-corrected chi connectivity index (χ3v) is 5.83. The third kappa shape index (κ3) is 4.05. The average molecular weight is 473 g/mol. The second-order valence-corrected chi connectivity index (χ2v) is 8.00. The minimum Gasteiger partial charge on any atom is -0.507 e. The highest BCUT2D eigenvalue weighted by molar-refractivity contribution is 6.46. The maximum Gasteiger partial charge on any atom is 0.295 e. The molecule has 10 heteroatoms. The number of pyridine rings is 1. The van der Waals surface area contributed by atoms with E-state index in [0.29, 0.717) is 35.8 Å². The summed E-state index contributed by atoms with van der Waals surface area (Å²) in [6, 6.07) is 12.8. The first-order valence-electron chi connectivity index (χ1n) is 10.8. The van der Waals surface area contributed by atoms with Gasteiger partial charge in [0, 0.05) is 36.6 Å². The van der Waals surface area contributed by atoms with Crippen LogP contribution in [-0.2, 0) is 16.1 Å². The highest BCUT2D eigenvalue weighted by atomic mass is 16.6. The van der Waals surface area contributed by atoms with Crippen molar-refractivity contribution in [3.63, 3.8) is 0 Å². The SMILES string of the molecule is O=C1C(=O)N(Cc2cccnc2)C(c2cccc([N+](=O)[O-])c2)/C1=C(/O)c1ccc2c(c1)OCCO2. The summed E-state index contributed by atoms with van der Waals surface area (Å²) in [5.74, 6) is -1.23. The number of benzene rings is 2. The minimum atomic E-state index is -1.05. The van der Waals surface area contributed by atoms with Gasteiger partial charge >= 0.3 is 0 Å². The predicted molar refractivity (Wildman–Crippen MR) is 123 cm³/mol. The summed E-state index contributed by atoms with van der Waals surface area (Å²) in [4.78, 5) is 42.5. The molecule has 1 amide bonds. The summed E-state index contributed by atoms with van der Waals surface area (Å²) >= 11 is 0. The number of nitro benzene ring substituents is 1. The van der Waals surface area contributed by atoms with E-state index >= 15 is 0 Å². The molecular formula is C25H19N3O7. The van der Waals surface area contributed by atoms with Gasteiger partial charge in [-0.15, -0.1) is 0 Å². The lowest BCUT2D eigenvalue weighted by atomic mass is 9.94. The number of Topliss-reactive ketones (excluding diaryl/α,β-unsaturated/α-hetero) is 1. The highest BCUT2D eigenvalue weighted by Crippen LogP contribution is 2.42. The second-order valence-electron chi connectivity index (χ2n) is 8.00. The summed E-state index contributed by atoms with van der Waals surface area (Å²) in [6.07, 6.45) is 3.14. The van der Waals surface area contributed by atoms with Crippen LogP contribution >= 0.6 is 0 Å². The zero-order chi connectivity index (χ0) is 24.5. The van der Waals surface area contributed by atoms with Gasteiger partial charge < -0.3 is 19.5 Å². The molecule has 2 aliphatic rings. The maximum atomic E-state index is 13.2. The van der Waals surface area contributed by atoms with E-state index in [-0.39, 0.29) is 23.4 Å². The molecule has 2 aromatic carbocycles. The highest BCUT2D eigenvalue weighted by Gasteiger charge is 2.46. The van der Waals surface area contributed by atoms with Gasteiger partial charge in [0.15, 0.2) is 11.5 Å². The van der Waals surface area contributed by atoms with Crippen molar-refractivity contribution in [1.29, 1.82) is 0 Å². The number of nitrogens with zero attached hydrogens (tertiary/aromatic N) is 3. The number of likely N-dealkylation sites (tertiary alicyclic amines) is 1. The van der Waals surface area contributed by atoms with Crippen LogP contribution in [0.4, 0.5) is 5.69 Å². The van der Waals surface area contributed by atoms with Gasteiger partial charge in [0.1, 0.15) is 19.0 Å². The number of rotatable bonds is 5. The molecule has 0 spiro atoms. The summed E-state index contributed by atoms with van der Waals surface area (Å²) in [7, 11) is 0. The van der Waals surface area contributed by atoms with Crippen LogP contribution in [0.3, 0.4) is 0 Å². The van der Waals surface area contributed by atoms with Crippen LogP contribution in [0.25, 0.3) is 5.76 Å². The normalized spacial score (nSPS) is 18.5. The Morgan fingerprint density at radius 3 is 2.63 bits per heavy atom. The number of aliphatic hydroxyl groups is 1. The van der Waals surface area contributed by atoms with Crippen LogP contribution in [0.2, 0.25) is 0 Å². The zero-order valence-corrected chi connectivity index (χ0v) is 18.3. The first-order valence-corrected chi connectivity index (χ1v) is 10.8. The van der Waals surface area contributed by atoms with Crippen molar-refractivity contribution in [3.05, 3.63) is 99.4 Å². The molecule has 0 aliphatic carbocycles. The average Bonchev–Trinajstić information content (AvgIpc) is 3.13. The Bertz CT molecular complexity index is 1370. The number of carbonyl (C=O) groups excluding carboxylic acids is 2. The molecule has 1 atom stereocenters. The van der Waals surface area contributed by atoms with Gasteiger partial charge in [-0.2, -0.15) is 0 Å². The number of fused-ring (bicyclic) bond motifs is 1. The van der Waals surface area contributed by atoms with E-state index in [1.165, 1.54) is 29.2 Å². The summed E-state index contributed by atoms with van der Waals surface area (Å²) in [6.45, 7) is 0.745. The first kappa shape index (κ1) is 22.1. The van der Waals surface area contributed by atoms with Crippen molar-refractivity contribution in [3.8, 4) is 11.5 Å². The molecule has 1 fully saturated rings. The molecular weight excluding hydrogens is 454 g/mol. The van der Waals surface area contributed by atoms with Gasteiger partial charge in [-0.05, 0) is 35.4 Å². The van der Waals surface area contributed by atoms with Gasteiger partial charge in [0.2, 0.25) is 0 Å². The van der Waals surface area contributed by atoms with Gasteiger partial charge in [0.25, 0.3) is 17.4 Å². The van der Waals surface area contributed by atoms with Gasteiger partial charge in [0.05, 0.1) is 16.5 Å². The lowest BCUT2D eigenvalue weighted by Crippen LogP contribution is -2.29. The number of ether oxygens (including phenoxy) is 2. The van der Waals surface area contributed by atoms with Gasteiger partial charge in [-0.3, -0.25) is 24.7 Å². The number of ketones is 1. The molecule has 3 heterocycles. The van der Waals surface area contributed by atoms with E-state index in [0.717, 1.165) is 0 Å². The van der Waals surface area contributed by atoms with Crippen molar-refractivity contribution in [1.82, 2.24) is 9.88 Å². The Morgan fingerprint density at radius 1 is 1.09 bits per heavy atom. The largest absolute Gasteiger partial charge is 0.507 e. The second kappa shape index (κ2) is 8.90. The summed E-state index contributed by atoms with van der Waals surface area (Å²) < 4.78 is 11.1. The molecule has 2 aliphatic heterocycles. The zero-order valence-electron chi connectivity index (χ0n) is 18.3. The fourth-order valence-electron chi connectivity index (χ4n) is 4.23. The maximum absolute atomic E-state index is 13.2. The van der Waals surface area contributed by atoms with Crippen molar-refractivity contribution < 1.29 is 29.1 Å². The molecule has 0 bridgehead atoms. The number of amides is 1. The molecule has 0 saturated carbocycles. The number of aliphatic hydroxyl groups excluding tert-OH is 1. The van der Waals surface area contributed by atoms with E-state index in [9.17, 15) is 24.8 Å². The molecule has 10 nitrogen and oxygen atoms in total. The number of hydrogen-bond donors (Lipinski definition) is 1. The smallest absolute Gasteiger partial charge is 0.295 e. The van der Waals surface area contributed by atoms with Crippen LogP contribution in [0.5, 0.6) is 11.5 Å². The predicted octanol–water partition coefficient (Wildman–Crippen LogP) is 3.38. The van der Waals surface area contributed by atoms with Crippen LogP contribution in [0, 0.1) is 10.1 Å². The molecule has 3 aromatic rings. The van der Waals surface area contributed by atoms with E-state index in [1.807, 2.05) is 0 Å². The van der Waals surface area contributed by atoms with Crippen LogP contribution < -0.4 is 9.47 Å². The number of aromatic nitrogens is 1. The quantitative estimate of drug-likeness (QED) is 0.196. The Hall–Kier alpha value is -4.73. The lowest BCUT2D eigenvalue weighted by molar-refractivity contribution is -0.384. The topological polar surface area (TPSA) is 132 Å². The van der Waals surface area contributed by atoms with Crippen molar-refractivity contribution in [2.45, 2.75) is 12.6 Å². The fraction of sp³-hybridized carbons (Fsp3) is 0.160. The molecule has 0 radical (unpaired) electrons. The summed E-state index contributed by atoms with van der Waals surface area (Å²) in [5.41, 5.74) is 0.861. The van der Waals surface area contributed by atoms with Crippen molar-refractivity contribution >= 4 is 23.1 Å². The fourth-order valence-corrected chi connectivity index (χ4v) is 4.23. The third-order valence-electron chi connectivity index (χ3n) is 5.83. The Labute approximate surface area is 199 Å². The lowest BCUT2D eigenvalue weighted by Gasteiger charge is -2.25. The number of carbonyl (C=O) groups is 2. The molecule has 1 saturated heterocycles. The molecule has 35 heavy (non-hydrogen) atoms. The molecule has 1 unspecified atom stereocenters. The number of non-ortho nitro benzene ring substituents is 1. The van der Waals surface area contributed by atoms with E-state index < -0.39 is 28.4 Å². The first-order chi connectivity index (χ1) is 16.9. The van der Waals surface area contributed by atoms with E-state index in [1.54, 1.807) is 42.7 Å². The van der Waals surface area contributed by atoms with Crippen LogP contribution in [-0.4, -0.2) is 44.8 Å². The van der Waals surface area contributed by atoms with E-state index in [4.69, 9.17) is 9.47 Å². The molecule has 5 rings (SSSR count). The van der Waals surface area contributed by atoms with Crippen molar-refractivity contribution in [2.75, 3.05) is 13.2 Å². The van der Waals surface area contributed by atoms with Crippen LogP contribution in [0.15, 0.2) is 72.6 Å². The molecule has 176 valence electrons. The standard InChI is InChI=1S/C25H19N3O7/c29-23(17-6-7-19-20(12-17)35-10-9-34-19)21-22(16-4-1-5-18(11-16)28(32)33)27(25(31)24(21)30)14-15-3-2-8-26-13-15/h1-8,11-13,22,29H,9-10,14H2/b23-21-. The van der Waals surface area contributed by atoms with Gasteiger partial charge in [-0.25, -0.2) is 0 Å². The molecule has 1 N–H and O–H groups in total. The van der Waals surface area contributed by atoms with Gasteiger partial charge in [-0.1, -0.05) is 18.2 Å². The Balaban J connectivity index is 1.65. The Morgan fingerprint density at radius 2 is 1.89 bits per heavy atom. The van der Waals surface area contributed by atoms with Crippen molar-refractivity contribution in [2.24, 2.45) is 0 Å². The van der Waals surface area contributed by atoms with E-state index in [2.05, 4.69) is 4.98 Å². The summed E-state index contributed by atoms with van der Waals surface area (Å²) in [5, 5.41) is 22.6. The molecule has 1 aromatic heterocycles. The van der Waals surface area contributed by atoms with Crippen LogP contribution in [0.1, 0.15) is 22.7 Å². The Kier molecular flexibility index (Phi) is 5.61.